The Labute approximate surface area is 134 Å². The zero-order chi connectivity index (χ0) is 15.8. The molecule has 2 atom stereocenters. The smallest absolute Gasteiger partial charge is 0.245 e. The molecule has 1 fully saturated rings. The first kappa shape index (κ1) is 18.8. The summed E-state index contributed by atoms with van der Waals surface area (Å²) >= 11 is 0. The van der Waals surface area contributed by atoms with Crippen molar-refractivity contribution in [3.63, 3.8) is 0 Å². The minimum atomic E-state index is -1.18. The Morgan fingerprint density at radius 3 is 2.64 bits per heavy atom. The van der Waals surface area contributed by atoms with Gasteiger partial charge in [-0.05, 0) is 19.1 Å². The summed E-state index contributed by atoms with van der Waals surface area (Å²) in [5.41, 5.74) is 4.20. The molecule has 1 aliphatic rings. The molecule has 3 N–H and O–H groups in total. The molecular weight excluding hydrogens is 314 g/mol. The average molecular weight is 335 g/mol. The van der Waals surface area contributed by atoms with Crippen LogP contribution in [0.25, 0.3) is 0 Å². The van der Waals surface area contributed by atoms with Crippen LogP contribution in [0, 0.1) is 17.0 Å². The molecule has 0 aliphatic heterocycles. The second-order valence-corrected chi connectivity index (χ2v) is 5.90. The molecular formula is C15H21ClF2N2O2. The number of nitrogens with one attached hydrogen (secondary N) is 1. The molecule has 0 heterocycles. The van der Waals surface area contributed by atoms with E-state index in [1.165, 1.54) is 12.1 Å². The zero-order valence-electron chi connectivity index (χ0n) is 12.8. The Hall–Kier alpha value is -1.24. The van der Waals surface area contributed by atoms with Gasteiger partial charge >= 0.3 is 0 Å². The van der Waals surface area contributed by atoms with E-state index in [2.05, 4.69) is 5.32 Å². The monoisotopic (exact) mass is 334 g/mol. The van der Waals surface area contributed by atoms with E-state index in [-0.39, 0.29) is 24.2 Å². The molecule has 1 saturated carbocycles. The average Bonchev–Trinajstić information content (AvgIpc) is 2.43. The fourth-order valence-corrected chi connectivity index (χ4v) is 2.65. The number of hydrogen-bond donors (Lipinski definition) is 2. The highest BCUT2D eigenvalue weighted by Crippen LogP contribution is 2.50. The Kier molecular flexibility index (Phi) is 5.54. The van der Waals surface area contributed by atoms with Crippen LogP contribution in [0.1, 0.15) is 27.2 Å². The maximum absolute atomic E-state index is 13.6. The second kappa shape index (κ2) is 6.48. The lowest BCUT2D eigenvalue weighted by Crippen LogP contribution is -2.74. The fourth-order valence-electron chi connectivity index (χ4n) is 2.65. The van der Waals surface area contributed by atoms with Crippen molar-refractivity contribution in [2.45, 2.75) is 38.8 Å². The van der Waals surface area contributed by atoms with E-state index in [1.54, 1.807) is 0 Å². The van der Waals surface area contributed by atoms with Crippen molar-refractivity contribution < 1.29 is 18.3 Å². The van der Waals surface area contributed by atoms with Crippen molar-refractivity contribution in [1.29, 1.82) is 0 Å². The molecule has 2 unspecified atom stereocenters. The first-order valence-electron chi connectivity index (χ1n) is 6.90. The highest BCUT2D eigenvalue weighted by atomic mass is 35.5. The quantitative estimate of drug-likeness (QED) is 0.890. The number of nitrogens with two attached hydrogens (primary N) is 1. The predicted octanol–water partition coefficient (Wildman–Crippen LogP) is 2.86. The molecule has 0 saturated heterocycles. The molecule has 0 aromatic heterocycles. The maximum Gasteiger partial charge on any atom is 0.245 e. The van der Waals surface area contributed by atoms with Gasteiger partial charge in [-0.1, -0.05) is 19.9 Å². The number of benzene rings is 1. The van der Waals surface area contributed by atoms with Gasteiger partial charge in [-0.3, -0.25) is 4.79 Å². The van der Waals surface area contributed by atoms with Gasteiger partial charge < -0.3 is 15.8 Å². The summed E-state index contributed by atoms with van der Waals surface area (Å²) in [5.74, 6) is -2.64. The summed E-state index contributed by atoms with van der Waals surface area (Å²) in [6.07, 6.45) is 0.215. The van der Waals surface area contributed by atoms with E-state index < -0.39 is 28.5 Å². The molecule has 0 spiro atoms. The topological polar surface area (TPSA) is 64.3 Å². The van der Waals surface area contributed by atoms with Gasteiger partial charge in [-0.25, -0.2) is 8.78 Å². The lowest BCUT2D eigenvalue weighted by atomic mass is 9.54. The third-order valence-electron chi connectivity index (χ3n) is 4.43. The summed E-state index contributed by atoms with van der Waals surface area (Å²) in [5, 5.41) is 2.38. The van der Waals surface area contributed by atoms with E-state index >= 15 is 0 Å². The summed E-state index contributed by atoms with van der Waals surface area (Å²) in [6.45, 7) is 6.07. The van der Waals surface area contributed by atoms with Crippen molar-refractivity contribution in [1.82, 2.24) is 0 Å². The van der Waals surface area contributed by atoms with Gasteiger partial charge in [0.25, 0.3) is 0 Å². The number of carbonyl (C=O) groups excluding carboxylic acids is 1. The van der Waals surface area contributed by atoms with E-state index in [0.717, 1.165) is 6.07 Å². The maximum atomic E-state index is 13.6. The number of amides is 1. The third kappa shape index (κ3) is 2.83. The van der Waals surface area contributed by atoms with E-state index in [4.69, 9.17) is 10.5 Å². The van der Waals surface area contributed by atoms with Gasteiger partial charge in [-0.2, -0.15) is 0 Å². The van der Waals surface area contributed by atoms with Crippen LogP contribution in [-0.4, -0.2) is 24.2 Å². The van der Waals surface area contributed by atoms with E-state index in [9.17, 15) is 13.6 Å². The SMILES string of the molecule is CCOC1CC(N)(C(=O)Nc2cccc(F)c2F)C1(C)C.Cl. The number of halogens is 3. The standard InChI is InChI=1S/C15H20F2N2O2.ClH/c1-4-21-11-8-15(18,14(11,2)3)13(20)19-10-7-5-6-9(16)12(10)17;/h5-7,11H,4,8,18H2,1-3H3,(H,19,20);1H. The van der Waals surface area contributed by atoms with Gasteiger partial charge in [0, 0.05) is 18.4 Å². The largest absolute Gasteiger partial charge is 0.378 e. The van der Waals surface area contributed by atoms with Crippen molar-refractivity contribution in [2.75, 3.05) is 11.9 Å². The Morgan fingerprint density at radius 2 is 2.09 bits per heavy atom. The number of ether oxygens (including phenoxy) is 1. The fraction of sp³-hybridized carbons (Fsp3) is 0.533. The van der Waals surface area contributed by atoms with Crippen LogP contribution in [0.3, 0.4) is 0 Å². The number of rotatable bonds is 4. The van der Waals surface area contributed by atoms with Crippen molar-refractivity contribution >= 4 is 24.0 Å². The first-order valence-corrected chi connectivity index (χ1v) is 6.90. The first-order chi connectivity index (χ1) is 9.74. The summed E-state index contributed by atoms with van der Waals surface area (Å²) in [7, 11) is 0. The van der Waals surface area contributed by atoms with Crippen LogP contribution < -0.4 is 11.1 Å². The predicted molar refractivity (Wildman–Crippen MR) is 83.0 cm³/mol. The van der Waals surface area contributed by atoms with Gasteiger partial charge in [0.05, 0.1) is 11.8 Å². The van der Waals surface area contributed by atoms with Gasteiger partial charge in [0.1, 0.15) is 5.54 Å². The molecule has 1 aromatic rings. The molecule has 1 aromatic carbocycles. The molecule has 124 valence electrons. The summed E-state index contributed by atoms with van der Waals surface area (Å²) < 4.78 is 32.3. The molecule has 1 aliphatic carbocycles. The van der Waals surface area contributed by atoms with Crippen molar-refractivity contribution in [3.8, 4) is 0 Å². The van der Waals surface area contributed by atoms with E-state index in [1.807, 2.05) is 20.8 Å². The third-order valence-corrected chi connectivity index (χ3v) is 4.43. The number of anilines is 1. The lowest BCUT2D eigenvalue weighted by Gasteiger charge is -2.57. The zero-order valence-corrected chi connectivity index (χ0v) is 13.6. The normalized spacial score (nSPS) is 25.8. The minimum absolute atomic E-state index is 0. The van der Waals surface area contributed by atoms with Gasteiger partial charge in [-0.15, -0.1) is 12.4 Å². The number of carbonyl (C=O) groups is 1. The molecule has 7 heteroatoms. The lowest BCUT2D eigenvalue weighted by molar-refractivity contribution is -0.166. The molecule has 2 rings (SSSR count). The highest BCUT2D eigenvalue weighted by molar-refractivity contribution is 5.99. The van der Waals surface area contributed by atoms with Crippen molar-refractivity contribution in [2.24, 2.45) is 11.1 Å². The second-order valence-electron chi connectivity index (χ2n) is 5.90. The summed E-state index contributed by atoms with van der Waals surface area (Å²) in [6, 6.07) is 3.61. The molecule has 1 amide bonds. The van der Waals surface area contributed by atoms with Crippen LogP contribution in [0.4, 0.5) is 14.5 Å². The molecule has 4 nitrogen and oxygen atoms in total. The summed E-state index contributed by atoms with van der Waals surface area (Å²) in [4.78, 5) is 12.4. The number of hydrogen-bond acceptors (Lipinski definition) is 3. The molecule has 22 heavy (non-hydrogen) atoms. The molecule has 0 bridgehead atoms. The minimum Gasteiger partial charge on any atom is -0.378 e. The van der Waals surface area contributed by atoms with E-state index in [0.29, 0.717) is 13.0 Å². The van der Waals surface area contributed by atoms with Crippen LogP contribution in [0.5, 0.6) is 0 Å². The Balaban J connectivity index is 0.00000242. The van der Waals surface area contributed by atoms with Crippen LogP contribution in [-0.2, 0) is 9.53 Å². The van der Waals surface area contributed by atoms with Crippen molar-refractivity contribution in [3.05, 3.63) is 29.8 Å². The Bertz CT molecular complexity index is 568. The van der Waals surface area contributed by atoms with Crippen LogP contribution in [0.15, 0.2) is 18.2 Å². The van der Waals surface area contributed by atoms with Gasteiger partial charge in [0.15, 0.2) is 11.6 Å². The molecule has 0 radical (unpaired) electrons. The van der Waals surface area contributed by atoms with Crippen LogP contribution in [0.2, 0.25) is 0 Å². The van der Waals surface area contributed by atoms with Crippen LogP contribution >= 0.6 is 12.4 Å². The highest BCUT2D eigenvalue weighted by Gasteiger charge is 2.62. The van der Waals surface area contributed by atoms with Gasteiger partial charge in [0.2, 0.25) is 5.91 Å². The Morgan fingerprint density at radius 1 is 1.45 bits per heavy atom.